The van der Waals surface area contributed by atoms with E-state index in [9.17, 15) is 9.59 Å². The van der Waals surface area contributed by atoms with Crippen LogP contribution in [0.4, 0.5) is 5.69 Å². The van der Waals surface area contributed by atoms with Gasteiger partial charge in [-0.3, -0.25) is 14.6 Å². The number of amides is 1. The molecule has 0 unspecified atom stereocenters. The summed E-state index contributed by atoms with van der Waals surface area (Å²) < 4.78 is 0. The summed E-state index contributed by atoms with van der Waals surface area (Å²) in [5.41, 5.74) is 3.71. The molecule has 0 saturated carbocycles. The van der Waals surface area contributed by atoms with Crippen LogP contribution in [0.3, 0.4) is 0 Å². The highest BCUT2D eigenvalue weighted by Gasteiger charge is 2.28. The molecule has 4 heteroatoms. The quantitative estimate of drug-likeness (QED) is 0.426. The lowest BCUT2D eigenvalue weighted by molar-refractivity contribution is -0.112. The summed E-state index contributed by atoms with van der Waals surface area (Å²) in [5.74, 6) is 5.51. The van der Waals surface area contributed by atoms with Crippen LogP contribution in [-0.2, 0) is 11.2 Å². The van der Waals surface area contributed by atoms with Crippen LogP contribution in [-0.4, -0.2) is 16.7 Å². The molecule has 0 atom stereocenters. The van der Waals surface area contributed by atoms with Crippen molar-refractivity contribution >= 4 is 23.5 Å². The molecule has 134 valence electrons. The van der Waals surface area contributed by atoms with E-state index in [2.05, 4.69) is 22.1 Å². The van der Waals surface area contributed by atoms with Gasteiger partial charge in [-0.2, -0.15) is 0 Å². The van der Waals surface area contributed by atoms with Crippen LogP contribution in [0.1, 0.15) is 27.0 Å². The number of benzene rings is 2. The SMILES string of the molecule is O=C1Nc2ccc(C#CCc3ccncc3)cc2C(=O)C1=Cc1ccccc1. The Hall–Kier alpha value is -3.97. The van der Waals surface area contributed by atoms with Gasteiger partial charge in [0.25, 0.3) is 5.91 Å². The molecule has 0 bridgehead atoms. The van der Waals surface area contributed by atoms with Crippen molar-refractivity contribution in [2.75, 3.05) is 5.32 Å². The highest BCUT2D eigenvalue weighted by molar-refractivity contribution is 6.36. The Bertz CT molecular complexity index is 1140. The van der Waals surface area contributed by atoms with Crippen molar-refractivity contribution in [3.63, 3.8) is 0 Å². The van der Waals surface area contributed by atoms with Gasteiger partial charge in [0.1, 0.15) is 0 Å². The molecule has 4 rings (SSSR count). The van der Waals surface area contributed by atoms with E-state index in [0.717, 1.165) is 16.7 Å². The van der Waals surface area contributed by atoms with E-state index in [1.165, 1.54) is 0 Å². The number of pyridine rings is 1. The van der Waals surface area contributed by atoms with E-state index in [4.69, 9.17) is 0 Å². The molecule has 0 saturated heterocycles. The molecule has 0 radical (unpaired) electrons. The summed E-state index contributed by atoms with van der Waals surface area (Å²) in [6.07, 6.45) is 5.68. The monoisotopic (exact) mass is 364 g/mol. The molecule has 28 heavy (non-hydrogen) atoms. The zero-order valence-corrected chi connectivity index (χ0v) is 15.0. The minimum Gasteiger partial charge on any atom is -0.321 e. The lowest BCUT2D eigenvalue weighted by Gasteiger charge is -2.18. The predicted octanol–water partition coefficient (Wildman–Crippen LogP) is 3.89. The molecule has 4 nitrogen and oxygen atoms in total. The van der Waals surface area contributed by atoms with Crippen LogP contribution in [0.25, 0.3) is 6.08 Å². The maximum absolute atomic E-state index is 12.9. The van der Waals surface area contributed by atoms with Crippen LogP contribution in [0.2, 0.25) is 0 Å². The standard InChI is InChI=1S/C24H16N2O2/c27-23-20-15-19(8-4-7-17-11-13-25-14-12-17)9-10-22(20)26-24(28)21(23)16-18-5-2-1-3-6-18/h1-3,5-6,9-16H,7H2,(H,26,28). The minimum atomic E-state index is -0.391. The van der Waals surface area contributed by atoms with E-state index in [1.807, 2.05) is 42.5 Å². The number of ketones is 1. The number of carbonyl (C=O) groups is 2. The Kier molecular flexibility index (Phi) is 4.81. The molecule has 1 aliphatic rings. The number of nitrogens with one attached hydrogen (secondary N) is 1. The van der Waals surface area contributed by atoms with Crippen LogP contribution >= 0.6 is 0 Å². The van der Waals surface area contributed by atoms with Gasteiger partial charge in [-0.1, -0.05) is 42.2 Å². The van der Waals surface area contributed by atoms with Gasteiger partial charge in [0.05, 0.1) is 11.3 Å². The predicted molar refractivity (Wildman–Crippen MR) is 109 cm³/mol. The zero-order chi connectivity index (χ0) is 19.3. The molecular weight excluding hydrogens is 348 g/mol. The average molecular weight is 364 g/mol. The fraction of sp³-hybridized carbons (Fsp3) is 0.0417. The molecule has 2 heterocycles. The normalized spacial score (nSPS) is 14.1. The number of nitrogens with zero attached hydrogens (tertiary/aromatic N) is 1. The van der Waals surface area contributed by atoms with E-state index < -0.39 is 5.91 Å². The number of rotatable bonds is 2. The molecule has 1 aromatic heterocycles. The summed E-state index contributed by atoms with van der Waals surface area (Å²) in [6.45, 7) is 0. The number of anilines is 1. The highest BCUT2D eigenvalue weighted by atomic mass is 16.2. The van der Waals surface area contributed by atoms with Gasteiger partial charge in [0.2, 0.25) is 5.78 Å². The second-order valence-corrected chi connectivity index (χ2v) is 6.35. The third-order valence-electron chi connectivity index (χ3n) is 4.39. The van der Waals surface area contributed by atoms with Gasteiger partial charge in [0, 0.05) is 29.9 Å². The fourth-order valence-corrected chi connectivity index (χ4v) is 2.95. The van der Waals surface area contributed by atoms with Crippen molar-refractivity contribution in [3.8, 4) is 11.8 Å². The van der Waals surface area contributed by atoms with Crippen molar-refractivity contribution in [1.82, 2.24) is 4.98 Å². The minimum absolute atomic E-state index is 0.126. The topological polar surface area (TPSA) is 59.1 Å². The second-order valence-electron chi connectivity index (χ2n) is 6.35. The van der Waals surface area contributed by atoms with E-state index in [0.29, 0.717) is 17.7 Å². The number of aromatic nitrogens is 1. The third kappa shape index (κ3) is 3.74. The highest BCUT2D eigenvalue weighted by Crippen LogP contribution is 2.27. The van der Waals surface area contributed by atoms with Gasteiger partial charge in [-0.05, 0) is 47.5 Å². The van der Waals surface area contributed by atoms with Crippen molar-refractivity contribution in [2.24, 2.45) is 0 Å². The summed E-state index contributed by atoms with van der Waals surface area (Å²) in [6, 6.07) is 18.4. The number of carbonyl (C=O) groups excluding carboxylic acids is 2. The Balaban J connectivity index is 1.62. The number of Topliss-reactive ketones (excluding diaryl/α,β-unsaturated/α-hetero) is 1. The summed E-state index contributed by atoms with van der Waals surface area (Å²) in [7, 11) is 0. The van der Waals surface area contributed by atoms with Gasteiger partial charge in [-0.25, -0.2) is 0 Å². The first kappa shape index (κ1) is 17.4. The van der Waals surface area contributed by atoms with Crippen LogP contribution in [0.5, 0.6) is 0 Å². The molecule has 0 spiro atoms. The maximum atomic E-state index is 12.9. The van der Waals surface area contributed by atoms with Crippen LogP contribution in [0, 0.1) is 11.8 Å². The lowest BCUT2D eigenvalue weighted by atomic mass is 9.94. The molecule has 0 fully saturated rings. The van der Waals surface area contributed by atoms with E-state index >= 15 is 0 Å². The van der Waals surface area contributed by atoms with Crippen molar-refractivity contribution in [3.05, 3.63) is 101 Å². The van der Waals surface area contributed by atoms with Crippen molar-refractivity contribution < 1.29 is 9.59 Å². The molecule has 0 aliphatic carbocycles. The summed E-state index contributed by atoms with van der Waals surface area (Å²) in [5, 5.41) is 2.79. The Morgan fingerprint density at radius 1 is 0.964 bits per heavy atom. The van der Waals surface area contributed by atoms with Gasteiger partial charge >= 0.3 is 0 Å². The van der Waals surface area contributed by atoms with E-state index in [-0.39, 0.29) is 11.4 Å². The van der Waals surface area contributed by atoms with Gasteiger partial charge < -0.3 is 5.32 Å². The fourth-order valence-electron chi connectivity index (χ4n) is 2.95. The average Bonchev–Trinajstić information content (AvgIpc) is 2.73. The number of hydrogen-bond acceptors (Lipinski definition) is 3. The van der Waals surface area contributed by atoms with Gasteiger partial charge in [0.15, 0.2) is 0 Å². The number of hydrogen-bond donors (Lipinski definition) is 1. The van der Waals surface area contributed by atoms with Crippen LogP contribution in [0.15, 0.2) is 78.6 Å². The third-order valence-corrected chi connectivity index (χ3v) is 4.39. The summed E-state index contributed by atoms with van der Waals surface area (Å²) >= 11 is 0. The first-order valence-corrected chi connectivity index (χ1v) is 8.85. The smallest absolute Gasteiger partial charge is 0.259 e. The van der Waals surface area contributed by atoms with Crippen molar-refractivity contribution in [1.29, 1.82) is 0 Å². The Labute approximate surface area is 162 Å². The van der Waals surface area contributed by atoms with Crippen LogP contribution < -0.4 is 5.32 Å². The first-order valence-electron chi connectivity index (χ1n) is 8.85. The maximum Gasteiger partial charge on any atom is 0.259 e. The van der Waals surface area contributed by atoms with Crippen molar-refractivity contribution in [2.45, 2.75) is 6.42 Å². The molecule has 1 aliphatic heterocycles. The molecular formula is C24H16N2O2. The molecule has 1 amide bonds. The lowest BCUT2D eigenvalue weighted by Crippen LogP contribution is -2.27. The summed E-state index contributed by atoms with van der Waals surface area (Å²) in [4.78, 5) is 29.2. The molecule has 3 aromatic rings. The largest absolute Gasteiger partial charge is 0.321 e. The molecule has 1 N–H and O–H groups in total. The Morgan fingerprint density at radius 2 is 1.75 bits per heavy atom. The second kappa shape index (κ2) is 7.73. The van der Waals surface area contributed by atoms with Gasteiger partial charge in [-0.15, -0.1) is 0 Å². The molecule has 2 aromatic carbocycles. The zero-order valence-electron chi connectivity index (χ0n) is 15.0. The number of fused-ring (bicyclic) bond motifs is 1. The first-order chi connectivity index (χ1) is 13.7. The van der Waals surface area contributed by atoms with E-state index in [1.54, 1.807) is 36.7 Å². The Morgan fingerprint density at radius 3 is 2.54 bits per heavy atom.